The van der Waals surface area contributed by atoms with Gasteiger partial charge in [0.25, 0.3) is 12.3 Å². The molecule has 8 heteroatoms. The number of rotatable bonds is 5. The number of hydrogen-bond acceptors (Lipinski definition) is 4. The van der Waals surface area contributed by atoms with Crippen LogP contribution in [0, 0.1) is 17.2 Å². The predicted molar refractivity (Wildman–Crippen MR) is 79.8 cm³/mol. The molecule has 1 amide bonds. The number of thioether (sulfide) groups is 1. The first-order valence-corrected chi connectivity index (χ1v) is 8.19. The molecule has 0 bridgehead atoms. The topological polar surface area (TPSA) is 70.7 Å². The van der Waals surface area contributed by atoms with Crippen LogP contribution in [-0.2, 0) is 6.54 Å². The van der Waals surface area contributed by atoms with Crippen LogP contribution >= 0.6 is 11.8 Å². The number of nitrogens with zero attached hydrogens (tertiary/aromatic N) is 3. The van der Waals surface area contributed by atoms with Crippen molar-refractivity contribution in [3.63, 3.8) is 0 Å². The largest absolute Gasteiger partial charge is 0.333 e. The van der Waals surface area contributed by atoms with Gasteiger partial charge < -0.3 is 5.32 Å². The second-order valence-electron chi connectivity index (χ2n) is 5.77. The fourth-order valence-corrected chi connectivity index (χ4v) is 3.62. The number of aromatic nitrogens is 2. The van der Waals surface area contributed by atoms with E-state index in [-0.39, 0.29) is 17.2 Å². The van der Waals surface area contributed by atoms with Gasteiger partial charge in [-0.15, -0.1) is 0 Å². The number of alkyl halides is 2. The van der Waals surface area contributed by atoms with Crippen LogP contribution in [-0.4, -0.2) is 32.7 Å². The smallest absolute Gasteiger partial charge is 0.280 e. The van der Waals surface area contributed by atoms with Crippen LogP contribution in [0.5, 0.6) is 0 Å². The summed E-state index contributed by atoms with van der Waals surface area (Å²) >= 11 is 1.56. The molecule has 1 N–H and O–H groups in total. The minimum atomic E-state index is -2.79. The third-order valence-corrected chi connectivity index (χ3v) is 4.65. The normalized spacial score (nSPS) is 21.3. The van der Waals surface area contributed by atoms with E-state index in [1.165, 1.54) is 4.68 Å². The van der Waals surface area contributed by atoms with E-state index in [1.807, 2.05) is 13.8 Å². The van der Waals surface area contributed by atoms with Crippen molar-refractivity contribution < 1.29 is 13.6 Å². The summed E-state index contributed by atoms with van der Waals surface area (Å²) in [6, 6.07) is 2.10. The van der Waals surface area contributed by atoms with Crippen LogP contribution in [0.3, 0.4) is 0 Å². The molecule has 22 heavy (non-hydrogen) atoms. The van der Waals surface area contributed by atoms with Crippen molar-refractivity contribution in [1.82, 2.24) is 15.1 Å². The molecule has 1 fully saturated rings. The molecule has 0 aromatic carbocycles. The molecule has 1 aromatic rings. The zero-order valence-corrected chi connectivity index (χ0v) is 13.3. The van der Waals surface area contributed by atoms with Crippen molar-refractivity contribution in [2.45, 2.75) is 38.8 Å². The lowest BCUT2D eigenvalue weighted by Crippen LogP contribution is -2.47. The number of nitrogens with one attached hydrogen (secondary N) is 1. The molecule has 120 valence electrons. The van der Waals surface area contributed by atoms with Gasteiger partial charge in [0, 0.05) is 12.3 Å². The number of hydrogen-bond donors (Lipinski definition) is 1. The minimum Gasteiger partial charge on any atom is -0.333 e. The summed E-state index contributed by atoms with van der Waals surface area (Å²) in [5.41, 5.74) is -1.51. The fraction of sp³-hybridized carbons (Fsp3) is 0.643. The van der Waals surface area contributed by atoms with Gasteiger partial charge in [-0.1, -0.05) is 13.8 Å². The molecule has 1 aliphatic rings. The maximum atomic E-state index is 13.3. The van der Waals surface area contributed by atoms with E-state index in [0.29, 0.717) is 18.7 Å². The number of nitriles is 1. The first-order chi connectivity index (χ1) is 10.4. The minimum absolute atomic E-state index is 0.130. The molecule has 1 saturated heterocycles. The Morgan fingerprint density at radius 2 is 2.36 bits per heavy atom. The van der Waals surface area contributed by atoms with Gasteiger partial charge in [-0.3, -0.25) is 9.48 Å². The van der Waals surface area contributed by atoms with Gasteiger partial charge in [-0.05, 0) is 18.1 Å². The highest BCUT2D eigenvalue weighted by Gasteiger charge is 2.37. The van der Waals surface area contributed by atoms with Gasteiger partial charge in [-0.25, -0.2) is 8.78 Å². The molecule has 0 radical (unpaired) electrons. The van der Waals surface area contributed by atoms with Crippen LogP contribution in [0.25, 0.3) is 0 Å². The van der Waals surface area contributed by atoms with Crippen molar-refractivity contribution in [2.75, 3.05) is 11.5 Å². The van der Waals surface area contributed by atoms with Crippen molar-refractivity contribution in [3.8, 4) is 6.07 Å². The lowest BCUT2D eigenvalue weighted by atomic mass is 10.0. The van der Waals surface area contributed by atoms with E-state index in [1.54, 1.807) is 11.8 Å². The van der Waals surface area contributed by atoms with Gasteiger partial charge >= 0.3 is 0 Å². The van der Waals surface area contributed by atoms with Gasteiger partial charge in [-0.2, -0.15) is 22.1 Å². The van der Waals surface area contributed by atoms with E-state index in [9.17, 15) is 18.8 Å². The quantitative estimate of drug-likeness (QED) is 0.902. The Hall–Kier alpha value is -1.62. The zero-order valence-electron chi connectivity index (χ0n) is 12.5. The Morgan fingerprint density at radius 3 is 2.86 bits per heavy atom. The highest BCUT2D eigenvalue weighted by molar-refractivity contribution is 7.99. The van der Waals surface area contributed by atoms with Crippen LogP contribution < -0.4 is 5.32 Å². The predicted octanol–water partition coefficient (Wildman–Crippen LogP) is 2.61. The van der Waals surface area contributed by atoms with Gasteiger partial charge in [0.2, 0.25) is 0 Å². The Labute approximate surface area is 132 Å². The lowest BCUT2D eigenvalue weighted by molar-refractivity contribution is 0.0908. The summed E-state index contributed by atoms with van der Waals surface area (Å²) in [5.74, 6) is 0.709. The van der Waals surface area contributed by atoms with E-state index >= 15 is 0 Å². The first-order valence-electron chi connectivity index (χ1n) is 7.04. The number of carbonyl (C=O) groups excluding carboxylic acids is 1. The molecule has 0 unspecified atom stereocenters. The van der Waals surface area contributed by atoms with Gasteiger partial charge in [0.15, 0.2) is 0 Å². The fourth-order valence-electron chi connectivity index (χ4n) is 2.36. The summed E-state index contributed by atoms with van der Waals surface area (Å²) in [4.78, 5) is 12.3. The molecule has 0 spiro atoms. The summed E-state index contributed by atoms with van der Waals surface area (Å²) in [7, 11) is 0. The van der Waals surface area contributed by atoms with Gasteiger partial charge in [0.05, 0.1) is 17.8 Å². The molecule has 0 saturated carbocycles. The third kappa shape index (κ3) is 3.40. The van der Waals surface area contributed by atoms with Gasteiger partial charge in [0.1, 0.15) is 11.2 Å². The SMILES string of the molecule is CC(C)Cn1ncc(C(=O)N[C@]2(C#N)CCSC2)c1C(F)F. The van der Waals surface area contributed by atoms with Crippen molar-refractivity contribution in [3.05, 3.63) is 17.5 Å². The van der Waals surface area contributed by atoms with Crippen LogP contribution in [0.15, 0.2) is 6.20 Å². The van der Waals surface area contributed by atoms with Crippen LogP contribution in [0.1, 0.15) is 42.7 Å². The second-order valence-corrected chi connectivity index (χ2v) is 6.88. The molecule has 1 aliphatic heterocycles. The Kier molecular flexibility index (Phi) is 5.06. The summed E-state index contributed by atoms with van der Waals surface area (Å²) in [6.45, 7) is 4.08. The Morgan fingerprint density at radius 1 is 1.64 bits per heavy atom. The van der Waals surface area contributed by atoms with Crippen LogP contribution in [0.2, 0.25) is 0 Å². The van der Waals surface area contributed by atoms with Crippen molar-refractivity contribution in [2.24, 2.45) is 5.92 Å². The second kappa shape index (κ2) is 6.65. The monoisotopic (exact) mass is 328 g/mol. The number of amides is 1. The molecule has 2 rings (SSSR count). The third-order valence-electron chi connectivity index (χ3n) is 3.46. The highest BCUT2D eigenvalue weighted by atomic mass is 32.2. The first kappa shape index (κ1) is 16.7. The van der Waals surface area contributed by atoms with E-state index < -0.39 is 17.9 Å². The molecule has 1 atom stereocenters. The average Bonchev–Trinajstić information content (AvgIpc) is 3.05. The summed E-state index contributed by atoms with van der Waals surface area (Å²) < 4.78 is 27.8. The Bertz CT molecular complexity index is 588. The zero-order chi connectivity index (χ0) is 16.3. The van der Waals surface area contributed by atoms with E-state index in [0.717, 1.165) is 11.9 Å². The maximum absolute atomic E-state index is 13.3. The molecule has 5 nitrogen and oxygen atoms in total. The molecule has 2 heterocycles. The van der Waals surface area contributed by atoms with E-state index in [2.05, 4.69) is 16.5 Å². The number of carbonyl (C=O) groups is 1. The Balaban J connectivity index is 2.26. The summed E-state index contributed by atoms with van der Waals surface area (Å²) in [6.07, 6.45) is -1.12. The van der Waals surface area contributed by atoms with Crippen molar-refractivity contribution >= 4 is 17.7 Å². The molecule has 1 aromatic heterocycles. The number of halogens is 2. The average molecular weight is 328 g/mol. The molecular weight excluding hydrogens is 310 g/mol. The maximum Gasteiger partial charge on any atom is 0.280 e. The molecular formula is C14H18F2N4OS. The molecule has 0 aliphatic carbocycles. The summed E-state index contributed by atoms with van der Waals surface area (Å²) in [5, 5.41) is 15.8. The highest BCUT2D eigenvalue weighted by Crippen LogP contribution is 2.29. The van der Waals surface area contributed by atoms with E-state index in [4.69, 9.17) is 0 Å². The van der Waals surface area contributed by atoms with Crippen LogP contribution in [0.4, 0.5) is 8.78 Å². The standard InChI is InChI=1S/C14H18F2N4OS/c1-9(2)6-20-11(12(15)16)10(5-18-20)13(21)19-14(7-17)3-4-22-8-14/h5,9,12H,3-4,6,8H2,1-2H3,(H,19,21)/t14-/m0/s1. The lowest BCUT2D eigenvalue weighted by Gasteiger charge is -2.21. The van der Waals surface area contributed by atoms with Crippen molar-refractivity contribution in [1.29, 1.82) is 5.26 Å².